The van der Waals surface area contributed by atoms with Gasteiger partial charge in [0.2, 0.25) is 0 Å². The van der Waals surface area contributed by atoms with E-state index >= 15 is 0 Å². The van der Waals surface area contributed by atoms with Gasteiger partial charge in [0.05, 0.1) is 12.3 Å². The van der Waals surface area contributed by atoms with E-state index < -0.39 is 53.1 Å². The van der Waals surface area contributed by atoms with Gasteiger partial charge in [0.25, 0.3) is 5.56 Å². The zero-order valence-corrected chi connectivity index (χ0v) is 13.6. The molecular weight excluding hydrogens is 336 g/mol. The predicted molar refractivity (Wildman–Crippen MR) is 80.5 cm³/mol. The molecule has 0 spiro atoms. The Morgan fingerprint density at radius 2 is 2.04 bits per heavy atom. The molecule has 0 aromatic carbocycles. The van der Waals surface area contributed by atoms with Crippen LogP contribution in [0, 0.1) is 5.92 Å². The van der Waals surface area contributed by atoms with Crippen LogP contribution < -0.4 is 11.2 Å². The summed E-state index contributed by atoms with van der Waals surface area (Å²) in [6.45, 7) is 2.62. The van der Waals surface area contributed by atoms with Gasteiger partial charge < -0.3 is 19.3 Å². The van der Waals surface area contributed by atoms with Gasteiger partial charge in [-0.3, -0.25) is 23.9 Å². The molecule has 136 valence electrons. The van der Waals surface area contributed by atoms with Crippen LogP contribution in [0.4, 0.5) is 0 Å². The second-order valence-electron chi connectivity index (χ2n) is 6.42. The summed E-state index contributed by atoms with van der Waals surface area (Å²) in [7, 11) is 0. The van der Waals surface area contributed by atoms with Crippen LogP contribution in [0.25, 0.3) is 0 Å². The number of hydrogen-bond donors (Lipinski definition) is 2. The highest BCUT2D eigenvalue weighted by atomic mass is 16.6. The second kappa shape index (κ2) is 6.12. The minimum atomic E-state index is -1.79. The van der Waals surface area contributed by atoms with E-state index in [-0.39, 0.29) is 13.0 Å². The number of aromatic nitrogens is 2. The zero-order valence-electron chi connectivity index (χ0n) is 13.6. The number of aromatic amines is 1. The molecule has 5 atom stereocenters. The van der Waals surface area contributed by atoms with E-state index in [9.17, 15) is 24.3 Å². The summed E-state index contributed by atoms with van der Waals surface area (Å²) in [4.78, 5) is 49.1. The Balaban J connectivity index is 1.98. The summed E-state index contributed by atoms with van der Waals surface area (Å²) >= 11 is 0. The molecule has 2 aliphatic rings. The SMILES string of the molecule is CC1CC(=O)OC[C@H]2O[C@@H](n3ccc(=O)[nH]c3=O)[C@@](C)(O)[C@@H]2OC1=O. The van der Waals surface area contributed by atoms with Crippen molar-refractivity contribution in [3.05, 3.63) is 33.1 Å². The predicted octanol–water partition coefficient (Wildman–Crippen LogP) is -1.32. The third kappa shape index (κ3) is 3.10. The molecule has 0 amide bonds. The summed E-state index contributed by atoms with van der Waals surface area (Å²) in [5, 5.41) is 10.9. The number of esters is 2. The number of nitrogens with one attached hydrogen (secondary N) is 1. The van der Waals surface area contributed by atoms with E-state index in [0.29, 0.717) is 0 Å². The van der Waals surface area contributed by atoms with Gasteiger partial charge in [-0.1, -0.05) is 6.92 Å². The first-order valence-corrected chi connectivity index (χ1v) is 7.75. The highest BCUT2D eigenvalue weighted by Crippen LogP contribution is 2.40. The molecule has 0 aliphatic carbocycles. The number of hydrogen-bond acceptors (Lipinski definition) is 8. The Hall–Kier alpha value is -2.46. The first-order chi connectivity index (χ1) is 11.7. The average molecular weight is 354 g/mol. The van der Waals surface area contributed by atoms with Crippen LogP contribution in [0.3, 0.4) is 0 Å². The summed E-state index contributed by atoms with van der Waals surface area (Å²) in [6, 6.07) is 1.10. The number of carbonyl (C=O) groups excluding carboxylic acids is 2. The third-order valence-electron chi connectivity index (χ3n) is 4.35. The Morgan fingerprint density at radius 1 is 1.32 bits per heavy atom. The van der Waals surface area contributed by atoms with E-state index in [1.165, 1.54) is 20.0 Å². The first-order valence-electron chi connectivity index (χ1n) is 7.75. The number of H-pyrrole nitrogens is 1. The Kier molecular flexibility index (Phi) is 4.25. The Bertz CT molecular complexity index is 810. The van der Waals surface area contributed by atoms with Crippen LogP contribution in [0.1, 0.15) is 26.5 Å². The topological polar surface area (TPSA) is 137 Å². The monoisotopic (exact) mass is 354 g/mol. The van der Waals surface area contributed by atoms with Crippen molar-refractivity contribution in [1.82, 2.24) is 9.55 Å². The maximum atomic E-state index is 12.1. The van der Waals surface area contributed by atoms with Gasteiger partial charge in [-0.05, 0) is 6.92 Å². The molecule has 0 radical (unpaired) electrons. The first kappa shape index (κ1) is 17.4. The van der Waals surface area contributed by atoms with Crippen LogP contribution in [0.5, 0.6) is 0 Å². The average Bonchev–Trinajstić information content (AvgIpc) is 2.78. The lowest BCUT2D eigenvalue weighted by molar-refractivity contribution is -0.167. The normalized spacial score (nSPS) is 35.8. The molecule has 2 fully saturated rings. The number of carbonyl (C=O) groups is 2. The van der Waals surface area contributed by atoms with Gasteiger partial charge in [0.1, 0.15) is 18.3 Å². The lowest BCUT2D eigenvalue weighted by Crippen LogP contribution is -2.49. The molecule has 3 heterocycles. The van der Waals surface area contributed by atoms with Crippen molar-refractivity contribution < 1.29 is 28.9 Å². The summed E-state index contributed by atoms with van der Waals surface area (Å²) in [5.41, 5.74) is -3.18. The lowest BCUT2D eigenvalue weighted by atomic mass is 9.96. The van der Waals surface area contributed by atoms with Crippen LogP contribution in [0.15, 0.2) is 21.9 Å². The highest BCUT2D eigenvalue weighted by Gasteiger charge is 2.57. The van der Waals surface area contributed by atoms with Crippen molar-refractivity contribution in [2.24, 2.45) is 5.92 Å². The van der Waals surface area contributed by atoms with Crippen molar-refractivity contribution in [3.8, 4) is 0 Å². The molecule has 2 saturated heterocycles. The molecule has 10 heteroatoms. The van der Waals surface area contributed by atoms with Gasteiger partial charge >= 0.3 is 17.6 Å². The number of aliphatic hydroxyl groups is 1. The highest BCUT2D eigenvalue weighted by molar-refractivity contribution is 5.80. The molecule has 2 aliphatic heterocycles. The number of ether oxygens (including phenoxy) is 3. The molecule has 3 rings (SSSR count). The van der Waals surface area contributed by atoms with Crippen molar-refractivity contribution >= 4 is 11.9 Å². The molecule has 25 heavy (non-hydrogen) atoms. The molecule has 2 N–H and O–H groups in total. The fraction of sp³-hybridized carbons (Fsp3) is 0.600. The number of nitrogens with zero attached hydrogens (tertiary/aromatic N) is 1. The van der Waals surface area contributed by atoms with E-state index in [4.69, 9.17) is 14.2 Å². The van der Waals surface area contributed by atoms with Crippen molar-refractivity contribution in [1.29, 1.82) is 0 Å². The molecule has 0 saturated carbocycles. The van der Waals surface area contributed by atoms with Crippen molar-refractivity contribution in [2.75, 3.05) is 6.61 Å². The minimum Gasteiger partial charge on any atom is -0.463 e. The molecule has 1 aromatic heterocycles. The number of fused-ring (bicyclic) bond motifs is 1. The van der Waals surface area contributed by atoms with Crippen molar-refractivity contribution in [3.63, 3.8) is 0 Å². The summed E-state index contributed by atoms with van der Waals surface area (Å²) in [6.07, 6.45) is -2.33. The summed E-state index contributed by atoms with van der Waals surface area (Å²) in [5.74, 6) is -2.00. The molecule has 0 bridgehead atoms. The van der Waals surface area contributed by atoms with Gasteiger partial charge in [0, 0.05) is 12.3 Å². The second-order valence-corrected chi connectivity index (χ2v) is 6.42. The molecular formula is C15H18N2O8. The fourth-order valence-electron chi connectivity index (χ4n) is 2.98. The minimum absolute atomic E-state index is 0.136. The largest absolute Gasteiger partial charge is 0.463 e. The quantitative estimate of drug-likeness (QED) is 0.593. The Labute approximate surface area is 141 Å². The third-order valence-corrected chi connectivity index (χ3v) is 4.35. The van der Waals surface area contributed by atoms with Gasteiger partial charge in [-0.25, -0.2) is 4.79 Å². The Morgan fingerprint density at radius 3 is 2.72 bits per heavy atom. The van der Waals surface area contributed by atoms with E-state index in [0.717, 1.165) is 10.6 Å². The fourth-order valence-corrected chi connectivity index (χ4v) is 2.98. The number of cyclic esters (lactones) is 1. The maximum absolute atomic E-state index is 12.1. The van der Waals surface area contributed by atoms with Gasteiger partial charge in [0.15, 0.2) is 12.3 Å². The van der Waals surface area contributed by atoms with E-state index in [1.807, 2.05) is 0 Å². The standard InChI is InChI=1S/C15H18N2O8/c1-7-5-10(19)23-6-8-11(25-12(7)20)15(2,22)13(24-8)17-4-3-9(18)16-14(17)21/h3-4,7-8,11,13,22H,5-6H2,1-2H3,(H,16,18,21)/t7?,8-,11-,13-,15+/m1/s1. The number of rotatable bonds is 1. The van der Waals surface area contributed by atoms with Crippen LogP contribution in [0.2, 0.25) is 0 Å². The smallest absolute Gasteiger partial charge is 0.330 e. The molecule has 1 unspecified atom stereocenters. The van der Waals surface area contributed by atoms with Crippen LogP contribution >= 0.6 is 0 Å². The molecule has 1 aromatic rings. The van der Waals surface area contributed by atoms with Crippen molar-refractivity contribution in [2.45, 2.75) is 44.3 Å². The summed E-state index contributed by atoms with van der Waals surface area (Å²) < 4.78 is 17.1. The van der Waals surface area contributed by atoms with Gasteiger partial charge in [-0.15, -0.1) is 0 Å². The lowest BCUT2D eigenvalue weighted by Gasteiger charge is -2.30. The molecule has 10 nitrogen and oxygen atoms in total. The van der Waals surface area contributed by atoms with E-state index in [1.54, 1.807) is 0 Å². The maximum Gasteiger partial charge on any atom is 0.330 e. The van der Waals surface area contributed by atoms with Gasteiger partial charge in [-0.2, -0.15) is 0 Å². The van der Waals surface area contributed by atoms with Crippen LogP contribution in [-0.4, -0.2) is 51.0 Å². The van der Waals surface area contributed by atoms with E-state index in [2.05, 4.69) is 4.98 Å². The van der Waals surface area contributed by atoms with Crippen LogP contribution in [-0.2, 0) is 23.8 Å². The zero-order chi connectivity index (χ0) is 18.4.